The number of likely N-dealkylation sites (tertiary alicyclic amines) is 1. The highest BCUT2D eigenvalue weighted by atomic mass is 16.5. The van der Waals surface area contributed by atoms with E-state index in [1.54, 1.807) is 7.11 Å². The van der Waals surface area contributed by atoms with E-state index in [0.29, 0.717) is 6.42 Å². The molecule has 0 aliphatic carbocycles. The largest absolute Gasteiger partial charge is 0.496 e. The van der Waals surface area contributed by atoms with Gasteiger partial charge in [0.15, 0.2) is 0 Å². The number of hydrogen-bond donors (Lipinski definition) is 0. The summed E-state index contributed by atoms with van der Waals surface area (Å²) in [6.45, 7) is 7.02. The van der Waals surface area contributed by atoms with Crippen molar-refractivity contribution in [1.82, 2.24) is 4.90 Å². The Balaban J connectivity index is 2.25. The lowest BCUT2D eigenvalue weighted by Gasteiger charge is -2.32. The van der Waals surface area contributed by atoms with E-state index < -0.39 is 0 Å². The minimum absolute atomic E-state index is 0.103. The third kappa shape index (κ3) is 2.35. The van der Waals surface area contributed by atoms with Crippen LogP contribution in [0.25, 0.3) is 0 Å². The van der Waals surface area contributed by atoms with Gasteiger partial charge >= 0.3 is 0 Å². The zero-order valence-electron chi connectivity index (χ0n) is 11.6. The van der Waals surface area contributed by atoms with Gasteiger partial charge in [-0.15, -0.1) is 0 Å². The number of methoxy groups -OCH3 is 1. The van der Waals surface area contributed by atoms with Crippen molar-refractivity contribution < 1.29 is 9.53 Å². The standard InChI is InChI=1S/C15H21NO2/c1-15(2,3)16-10-11(9-14(16)17)12-7-5-6-8-13(12)18-4/h5-8,11H,9-10H2,1-4H3/t11-/m1/s1. The van der Waals surface area contributed by atoms with Gasteiger partial charge in [-0.3, -0.25) is 4.79 Å². The Morgan fingerprint density at radius 2 is 1.94 bits per heavy atom. The van der Waals surface area contributed by atoms with Crippen LogP contribution in [0.15, 0.2) is 24.3 Å². The van der Waals surface area contributed by atoms with Crippen molar-refractivity contribution in [1.29, 1.82) is 0 Å². The smallest absolute Gasteiger partial charge is 0.223 e. The van der Waals surface area contributed by atoms with Gasteiger partial charge in [0, 0.05) is 24.4 Å². The van der Waals surface area contributed by atoms with Crippen molar-refractivity contribution in [2.24, 2.45) is 0 Å². The Kier molecular flexibility index (Phi) is 3.33. The van der Waals surface area contributed by atoms with E-state index in [9.17, 15) is 4.79 Å². The van der Waals surface area contributed by atoms with Crippen molar-refractivity contribution >= 4 is 5.91 Å². The monoisotopic (exact) mass is 247 g/mol. The fourth-order valence-electron chi connectivity index (χ4n) is 2.57. The SMILES string of the molecule is COc1ccccc1[C@@H]1CC(=O)N(C(C)(C)C)C1. The maximum Gasteiger partial charge on any atom is 0.223 e. The first-order chi connectivity index (χ1) is 8.43. The average molecular weight is 247 g/mol. The predicted octanol–water partition coefficient (Wildman–Crippen LogP) is 2.81. The first kappa shape index (κ1) is 12.9. The molecule has 0 N–H and O–H groups in total. The van der Waals surface area contributed by atoms with Crippen molar-refractivity contribution in [2.45, 2.75) is 38.6 Å². The van der Waals surface area contributed by atoms with E-state index in [1.165, 1.54) is 0 Å². The van der Waals surface area contributed by atoms with Gasteiger partial charge in [-0.2, -0.15) is 0 Å². The first-order valence-electron chi connectivity index (χ1n) is 6.37. The van der Waals surface area contributed by atoms with Crippen LogP contribution >= 0.6 is 0 Å². The summed E-state index contributed by atoms with van der Waals surface area (Å²) in [6.07, 6.45) is 0.581. The number of amides is 1. The Bertz CT molecular complexity index is 448. The molecule has 1 heterocycles. The maximum absolute atomic E-state index is 12.1. The summed E-state index contributed by atoms with van der Waals surface area (Å²) in [6, 6.07) is 7.98. The second-order valence-corrected chi connectivity index (χ2v) is 5.82. The van der Waals surface area contributed by atoms with Crippen LogP contribution in [0.4, 0.5) is 0 Å². The lowest BCUT2D eigenvalue weighted by Crippen LogP contribution is -2.42. The summed E-state index contributed by atoms with van der Waals surface area (Å²) in [5.74, 6) is 1.36. The topological polar surface area (TPSA) is 29.5 Å². The highest BCUT2D eigenvalue weighted by Gasteiger charge is 2.37. The molecule has 1 aromatic rings. The molecule has 3 nitrogen and oxygen atoms in total. The Hall–Kier alpha value is -1.51. The van der Waals surface area contributed by atoms with Crippen molar-refractivity contribution in [3.63, 3.8) is 0 Å². The molecule has 18 heavy (non-hydrogen) atoms. The molecule has 2 rings (SSSR count). The van der Waals surface area contributed by atoms with Gasteiger partial charge in [0.2, 0.25) is 5.91 Å². The minimum Gasteiger partial charge on any atom is -0.496 e. The van der Waals surface area contributed by atoms with Crippen LogP contribution in [0.1, 0.15) is 38.7 Å². The molecule has 1 aliphatic heterocycles. The molecule has 1 amide bonds. The van der Waals surface area contributed by atoms with Gasteiger partial charge in [-0.05, 0) is 32.4 Å². The minimum atomic E-state index is -0.103. The van der Waals surface area contributed by atoms with Crippen LogP contribution < -0.4 is 4.74 Å². The Labute approximate surface area is 109 Å². The number of ether oxygens (including phenoxy) is 1. The van der Waals surface area contributed by atoms with Crippen LogP contribution in [0, 0.1) is 0 Å². The molecule has 1 atom stereocenters. The molecule has 0 radical (unpaired) electrons. The Morgan fingerprint density at radius 3 is 2.50 bits per heavy atom. The molecular formula is C15H21NO2. The van der Waals surface area contributed by atoms with Crippen molar-refractivity contribution in [3.8, 4) is 5.75 Å². The summed E-state index contributed by atoms with van der Waals surface area (Å²) >= 11 is 0. The third-order valence-corrected chi connectivity index (χ3v) is 3.51. The second kappa shape index (κ2) is 4.63. The van der Waals surface area contributed by atoms with E-state index in [4.69, 9.17) is 4.74 Å². The number of benzene rings is 1. The van der Waals surface area contributed by atoms with E-state index >= 15 is 0 Å². The zero-order chi connectivity index (χ0) is 13.3. The van der Waals surface area contributed by atoms with Crippen molar-refractivity contribution in [3.05, 3.63) is 29.8 Å². The van der Waals surface area contributed by atoms with Gasteiger partial charge in [0.1, 0.15) is 5.75 Å². The van der Waals surface area contributed by atoms with Gasteiger partial charge in [-0.25, -0.2) is 0 Å². The molecule has 1 saturated heterocycles. The number of nitrogens with zero attached hydrogens (tertiary/aromatic N) is 1. The number of hydrogen-bond acceptors (Lipinski definition) is 2. The number of carbonyl (C=O) groups is 1. The van der Waals surface area contributed by atoms with Gasteiger partial charge < -0.3 is 9.64 Å². The van der Waals surface area contributed by atoms with Gasteiger partial charge in [0.25, 0.3) is 0 Å². The predicted molar refractivity (Wildman–Crippen MR) is 71.8 cm³/mol. The van der Waals surface area contributed by atoms with E-state index in [1.807, 2.05) is 23.1 Å². The normalized spacial score (nSPS) is 20.3. The second-order valence-electron chi connectivity index (χ2n) is 5.82. The molecule has 98 valence electrons. The fourth-order valence-corrected chi connectivity index (χ4v) is 2.57. The highest BCUT2D eigenvalue weighted by Crippen LogP contribution is 2.36. The zero-order valence-corrected chi connectivity index (χ0v) is 11.6. The van der Waals surface area contributed by atoms with E-state index in [2.05, 4.69) is 26.8 Å². The molecule has 0 unspecified atom stereocenters. The lowest BCUT2D eigenvalue weighted by atomic mass is 9.97. The maximum atomic E-state index is 12.1. The lowest BCUT2D eigenvalue weighted by molar-refractivity contribution is -0.131. The third-order valence-electron chi connectivity index (χ3n) is 3.51. The van der Waals surface area contributed by atoms with Gasteiger partial charge in [-0.1, -0.05) is 18.2 Å². The summed E-state index contributed by atoms with van der Waals surface area (Å²) in [7, 11) is 1.68. The quantitative estimate of drug-likeness (QED) is 0.804. The average Bonchev–Trinajstić information content (AvgIpc) is 2.71. The fraction of sp³-hybridized carbons (Fsp3) is 0.533. The van der Waals surface area contributed by atoms with Gasteiger partial charge in [0.05, 0.1) is 7.11 Å². The van der Waals surface area contributed by atoms with Crippen LogP contribution in [-0.2, 0) is 4.79 Å². The molecular weight excluding hydrogens is 226 g/mol. The summed E-state index contributed by atoms with van der Waals surface area (Å²) < 4.78 is 5.38. The number of rotatable bonds is 2. The molecule has 0 bridgehead atoms. The van der Waals surface area contributed by atoms with Crippen LogP contribution in [-0.4, -0.2) is 30.0 Å². The van der Waals surface area contributed by atoms with Crippen LogP contribution in [0.2, 0.25) is 0 Å². The van der Waals surface area contributed by atoms with E-state index in [-0.39, 0.29) is 17.4 Å². The molecule has 1 aromatic carbocycles. The summed E-state index contributed by atoms with van der Waals surface area (Å²) in [5, 5.41) is 0. The Morgan fingerprint density at radius 1 is 1.28 bits per heavy atom. The highest BCUT2D eigenvalue weighted by molar-refractivity contribution is 5.80. The molecule has 0 aromatic heterocycles. The number of carbonyl (C=O) groups excluding carboxylic acids is 1. The van der Waals surface area contributed by atoms with Crippen LogP contribution in [0.3, 0.4) is 0 Å². The molecule has 3 heteroatoms. The first-order valence-corrected chi connectivity index (χ1v) is 6.37. The number of para-hydroxylation sites is 1. The van der Waals surface area contributed by atoms with E-state index in [0.717, 1.165) is 17.9 Å². The van der Waals surface area contributed by atoms with Crippen LogP contribution in [0.5, 0.6) is 5.75 Å². The molecule has 1 aliphatic rings. The molecule has 0 spiro atoms. The summed E-state index contributed by atoms with van der Waals surface area (Å²) in [4.78, 5) is 14.1. The molecule has 1 fully saturated rings. The summed E-state index contributed by atoms with van der Waals surface area (Å²) in [5.41, 5.74) is 1.04. The molecule has 0 saturated carbocycles. The van der Waals surface area contributed by atoms with Crippen molar-refractivity contribution in [2.75, 3.05) is 13.7 Å².